The molecule has 0 heterocycles. The third-order valence-corrected chi connectivity index (χ3v) is 2.84. The molecule has 0 aliphatic heterocycles. The van der Waals surface area contributed by atoms with Gasteiger partial charge in [0.05, 0.1) is 0 Å². The van der Waals surface area contributed by atoms with Gasteiger partial charge < -0.3 is 4.74 Å². The van der Waals surface area contributed by atoms with Crippen LogP contribution in [0.25, 0.3) is 0 Å². The molecule has 0 saturated heterocycles. The van der Waals surface area contributed by atoms with Crippen LogP contribution in [-0.2, 0) is 4.74 Å². The molecule has 74 valence electrons. The lowest BCUT2D eigenvalue weighted by molar-refractivity contribution is 0.151. The van der Waals surface area contributed by atoms with E-state index in [-0.39, 0.29) is 0 Å². The van der Waals surface area contributed by atoms with E-state index in [0.717, 1.165) is 24.4 Å². The monoisotopic (exact) mass is 172 g/mol. The lowest BCUT2D eigenvalue weighted by atomic mass is 9.81. The van der Waals surface area contributed by atoms with Crippen molar-refractivity contribution >= 4 is 0 Å². The molecule has 0 aliphatic carbocycles. The second kappa shape index (κ2) is 6.47. The highest BCUT2D eigenvalue weighted by molar-refractivity contribution is 4.68. The van der Waals surface area contributed by atoms with Crippen LogP contribution in [0.3, 0.4) is 0 Å². The van der Waals surface area contributed by atoms with Gasteiger partial charge >= 0.3 is 0 Å². The Morgan fingerprint density at radius 3 is 2.08 bits per heavy atom. The Hall–Kier alpha value is -0.0400. The van der Waals surface area contributed by atoms with Gasteiger partial charge in [-0.15, -0.1) is 0 Å². The van der Waals surface area contributed by atoms with Crippen LogP contribution in [0.1, 0.15) is 40.5 Å². The van der Waals surface area contributed by atoms with E-state index in [4.69, 9.17) is 4.74 Å². The van der Waals surface area contributed by atoms with E-state index >= 15 is 0 Å². The second-order valence-corrected chi connectivity index (χ2v) is 4.07. The number of hydrogen-bond donors (Lipinski definition) is 0. The maximum atomic E-state index is 5.09. The van der Waals surface area contributed by atoms with Crippen molar-refractivity contribution in [3.8, 4) is 0 Å². The fourth-order valence-electron chi connectivity index (χ4n) is 2.05. The molecule has 0 aromatic rings. The third kappa shape index (κ3) is 4.10. The Kier molecular flexibility index (Phi) is 6.45. The van der Waals surface area contributed by atoms with Crippen molar-refractivity contribution in [3.05, 3.63) is 0 Å². The molecular formula is C11H24O. The maximum Gasteiger partial charge on any atom is 0.0464 e. The molecule has 0 radical (unpaired) electrons. The van der Waals surface area contributed by atoms with Crippen molar-refractivity contribution < 1.29 is 4.74 Å². The van der Waals surface area contributed by atoms with Crippen LogP contribution in [0, 0.1) is 17.8 Å². The predicted molar refractivity (Wildman–Crippen MR) is 54.3 cm³/mol. The molecule has 0 amide bonds. The van der Waals surface area contributed by atoms with Crippen LogP contribution < -0.4 is 0 Å². The molecule has 12 heavy (non-hydrogen) atoms. The fraction of sp³-hybridized carbons (Fsp3) is 1.00. The van der Waals surface area contributed by atoms with Gasteiger partial charge in [0.25, 0.3) is 0 Å². The Morgan fingerprint density at radius 2 is 1.75 bits per heavy atom. The molecule has 2 unspecified atom stereocenters. The zero-order valence-electron chi connectivity index (χ0n) is 9.26. The minimum atomic E-state index is 0.801. The SMILES string of the molecule is CCC(C(C)C)C(C)CCOC. The highest BCUT2D eigenvalue weighted by Gasteiger charge is 2.18. The summed E-state index contributed by atoms with van der Waals surface area (Å²) in [4.78, 5) is 0. The molecule has 0 rings (SSSR count). The van der Waals surface area contributed by atoms with Crippen molar-refractivity contribution in [2.75, 3.05) is 13.7 Å². The van der Waals surface area contributed by atoms with Gasteiger partial charge in [-0.3, -0.25) is 0 Å². The Labute approximate surface area is 77.5 Å². The Balaban J connectivity index is 3.77. The highest BCUT2D eigenvalue weighted by atomic mass is 16.5. The maximum absolute atomic E-state index is 5.09. The first-order valence-corrected chi connectivity index (χ1v) is 5.12. The zero-order chi connectivity index (χ0) is 9.56. The number of methoxy groups -OCH3 is 1. The lowest BCUT2D eigenvalue weighted by Gasteiger charge is -2.25. The quantitative estimate of drug-likeness (QED) is 0.597. The summed E-state index contributed by atoms with van der Waals surface area (Å²) in [6.45, 7) is 10.2. The predicted octanol–water partition coefficient (Wildman–Crippen LogP) is 3.34. The molecule has 1 heteroatoms. The summed E-state index contributed by atoms with van der Waals surface area (Å²) >= 11 is 0. The van der Waals surface area contributed by atoms with E-state index in [1.165, 1.54) is 12.8 Å². The fourth-order valence-corrected chi connectivity index (χ4v) is 2.05. The summed E-state index contributed by atoms with van der Waals surface area (Å²) in [5.41, 5.74) is 0. The summed E-state index contributed by atoms with van der Waals surface area (Å²) < 4.78 is 5.09. The molecule has 0 fully saturated rings. The zero-order valence-corrected chi connectivity index (χ0v) is 9.26. The van der Waals surface area contributed by atoms with E-state index in [1.54, 1.807) is 7.11 Å². The average Bonchev–Trinajstić information content (AvgIpc) is 2.01. The van der Waals surface area contributed by atoms with Gasteiger partial charge in [0.1, 0.15) is 0 Å². The normalized spacial score (nSPS) is 16.5. The first kappa shape index (κ1) is 12.0. The van der Waals surface area contributed by atoms with E-state index in [2.05, 4.69) is 27.7 Å². The first-order valence-electron chi connectivity index (χ1n) is 5.12. The summed E-state index contributed by atoms with van der Waals surface area (Å²) in [6.07, 6.45) is 2.50. The van der Waals surface area contributed by atoms with E-state index in [1.807, 2.05) is 0 Å². The van der Waals surface area contributed by atoms with E-state index in [9.17, 15) is 0 Å². The van der Waals surface area contributed by atoms with Crippen LogP contribution >= 0.6 is 0 Å². The summed E-state index contributed by atoms with van der Waals surface area (Å²) in [7, 11) is 1.78. The molecule has 0 saturated carbocycles. The number of hydrogen-bond acceptors (Lipinski definition) is 1. The van der Waals surface area contributed by atoms with Gasteiger partial charge in [0.15, 0.2) is 0 Å². The average molecular weight is 172 g/mol. The second-order valence-electron chi connectivity index (χ2n) is 4.07. The van der Waals surface area contributed by atoms with E-state index in [0.29, 0.717) is 0 Å². The van der Waals surface area contributed by atoms with Crippen molar-refractivity contribution in [3.63, 3.8) is 0 Å². The molecule has 0 aliphatic rings. The van der Waals surface area contributed by atoms with Gasteiger partial charge in [0.2, 0.25) is 0 Å². The molecule has 0 N–H and O–H groups in total. The van der Waals surface area contributed by atoms with Crippen molar-refractivity contribution in [1.82, 2.24) is 0 Å². The molecule has 1 nitrogen and oxygen atoms in total. The number of ether oxygens (including phenoxy) is 1. The van der Waals surface area contributed by atoms with Gasteiger partial charge in [0, 0.05) is 13.7 Å². The molecule has 0 aromatic heterocycles. The Bertz CT molecular complexity index is 99.2. The molecular weight excluding hydrogens is 148 g/mol. The van der Waals surface area contributed by atoms with Crippen LogP contribution in [0.2, 0.25) is 0 Å². The molecule has 0 bridgehead atoms. The van der Waals surface area contributed by atoms with Gasteiger partial charge in [-0.2, -0.15) is 0 Å². The smallest absolute Gasteiger partial charge is 0.0464 e. The summed E-state index contributed by atoms with van der Waals surface area (Å²) in [5.74, 6) is 2.47. The van der Waals surface area contributed by atoms with Gasteiger partial charge in [-0.25, -0.2) is 0 Å². The minimum absolute atomic E-state index is 0.801. The van der Waals surface area contributed by atoms with Crippen LogP contribution in [0.5, 0.6) is 0 Å². The minimum Gasteiger partial charge on any atom is -0.385 e. The van der Waals surface area contributed by atoms with Crippen molar-refractivity contribution in [2.45, 2.75) is 40.5 Å². The topological polar surface area (TPSA) is 9.23 Å². The molecule has 0 aromatic carbocycles. The largest absolute Gasteiger partial charge is 0.385 e. The standard InChI is InChI=1S/C11H24O/c1-6-11(9(2)3)10(4)7-8-12-5/h9-11H,6-8H2,1-5H3. The first-order chi connectivity index (χ1) is 5.63. The van der Waals surface area contributed by atoms with Crippen molar-refractivity contribution in [1.29, 1.82) is 0 Å². The lowest BCUT2D eigenvalue weighted by Crippen LogP contribution is -2.18. The van der Waals surface area contributed by atoms with Crippen LogP contribution in [0.15, 0.2) is 0 Å². The molecule has 2 atom stereocenters. The van der Waals surface area contributed by atoms with Gasteiger partial charge in [-0.05, 0) is 24.2 Å². The summed E-state index contributed by atoms with van der Waals surface area (Å²) in [6, 6.07) is 0. The van der Waals surface area contributed by atoms with E-state index < -0.39 is 0 Å². The highest BCUT2D eigenvalue weighted by Crippen LogP contribution is 2.26. The van der Waals surface area contributed by atoms with Crippen LogP contribution in [-0.4, -0.2) is 13.7 Å². The van der Waals surface area contributed by atoms with Gasteiger partial charge in [-0.1, -0.05) is 34.1 Å². The third-order valence-electron chi connectivity index (χ3n) is 2.84. The van der Waals surface area contributed by atoms with Crippen LogP contribution in [0.4, 0.5) is 0 Å². The van der Waals surface area contributed by atoms with Crippen molar-refractivity contribution in [2.24, 2.45) is 17.8 Å². The number of rotatable bonds is 6. The Morgan fingerprint density at radius 1 is 1.17 bits per heavy atom. The summed E-state index contributed by atoms with van der Waals surface area (Å²) in [5, 5.41) is 0. The molecule has 0 spiro atoms.